The van der Waals surface area contributed by atoms with Crippen LogP contribution in [0.4, 0.5) is 0 Å². The summed E-state index contributed by atoms with van der Waals surface area (Å²) in [6, 6.07) is 10.9. The minimum atomic E-state index is 0.0709. The van der Waals surface area contributed by atoms with E-state index in [9.17, 15) is 0 Å². The summed E-state index contributed by atoms with van der Waals surface area (Å²) in [7, 11) is 0. The van der Waals surface area contributed by atoms with Crippen molar-refractivity contribution in [3.63, 3.8) is 0 Å². The number of nitrogens with zero attached hydrogens (tertiary/aromatic N) is 3. The number of aryl methyl sites for hydroxylation is 1. The summed E-state index contributed by atoms with van der Waals surface area (Å²) >= 11 is 0. The first-order chi connectivity index (χ1) is 10.9. The van der Waals surface area contributed by atoms with Crippen molar-refractivity contribution >= 4 is 0 Å². The molecule has 0 unspecified atom stereocenters. The van der Waals surface area contributed by atoms with Crippen LogP contribution in [0.2, 0.25) is 0 Å². The number of aromatic nitrogens is 2. The fourth-order valence-corrected chi connectivity index (χ4v) is 2.91. The Labute approximate surface area is 139 Å². The van der Waals surface area contributed by atoms with Crippen LogP contribution < -0.4 is 0 Å². The molecule has 1 aromatic carbocycles. The molecule has 0 bridgehead atoms. The number of benzene rings is 1. The van der Waals surface area contributed by atoms with Gasteiger partial charge >= 0.3 is 0 Å². The average Bonchev–Trinajstić information content (AvgIpc) is 2.91. The van der Waals surface area contributed by atoms with E-state index in [1.807, 2.05) is 0 Å². The van der Waals surface area contributed by atoms with Gasteiger partial charge in [-0.05, 0) is 30.7 Å². The van der Waals surface area contributed by atoms with Crippen LogP contribution in [0.15, 0.2) is 30.3 Å². The maximum Gasteiger partial charge on any atom is 0.0685 e. The van der Waals surface area contributed by atoms with Gasteiger partial charge in [-0.15, -0.1) is 0 Å². The summed E-state index contributed by atoms with van der Waals surface area (Å²) in [6.45, 7) is 13.4. The number of rotatable bonds is 3. The Morgan fingerprint density at radius 1 is 1.13 bits per heavy atom. The highest BCUT2D eigenvalue weighted by Crippen LogP contribution is 2.23. The van der Waals surface area contributed by atoms with E-state index in [4.69, 9.17) is 9.84 Å². The first kappa shape index (κ1) is 16.2. The highest BCUT2D eigenvalue weighted by atomic mass is 16.5. The molecule has 1 aliphatic rings. The van der Waals surface area contributed by atoms with E-state index >= 15 is 0 Å². The van der Waals surface area contributed by atoms with Gasteiger partial charge in [0, 0.05) is 30.7 Å². The lowest BCUT2D eigenvalue weighted by Gasteiger charge is -2.26. The molecule has 4 nitrogen and oxygen atoms in total. The van der Waals surface area contributed by atoms with Gasteiger partial charge in [-0.2, -0.15) is 5.10 Å². The monoisotopic (exact) mass is 313 g/mol. The highest BCUT2D eigenvalue weighted by Gasteiger charge is 2.19. The number of morpholine rings is 1. The first-order valence-corrected chi connectivity index (χ1v) is 8.40. The Bertz CT molecular complexity index is 663. The van der Waals surface area contributed by atoms with Crippen LogP contribution in [0.25, 0.3) is 5.69 Å². The largest absolute Gasteiger partial charge is 0.379 e. The van der Waals surface area contributed by atoms with Gasteiger partial charge in [0.2, 0.25) is 0 Å². The van der Waals surface area contributed by atoms with Gasteiger partial charge in [-0.25, -0.2) is 4.68 Å². The fraction of sp³-hybridized carbons (Fsp3) is 0.526. The molecule has 0 amide bonds. The molecule has 2 aromatic rings. The Morgan fingerprint density at radius 2 is 1.87 bits per heavy atom. The second kappa shape index (κ2) is 6.46. The Hall–Kier alpha value is -1.65. The van der Waals surface area contributed by atoms with E-state index in [0.717, 1.165) is 44.2 Å². The third-order valence-corrected chi connectivity index (χ3v) is 4.32. The van der Waals surface area contributed by atoms with Crippen LogP contribution in [0.5, 0.6) is 0 Å². The number of hydrogen-bond donors (Lipinski definition) is 0. The summed E-state index contributed by atoms with van der Waals surface area (Å²) in [5, 5.41) is 4.82. The molecule has 0 N–H and O–H groups in total. The maximum atomic E-state index is 5.42. The molecule has 1 aromatic heterocycles. The lowest BCUT2D eigenvalue weighted by molar-refractivity contribution is 0.0342. The van der Waals surface area contributed by atoms with E-state index in [2.05, 4.69) is 67.6 Å². The van der Waals surface area contributed by atoms with Crippen molar-refractivity contribution in [1.29, 1.82) is 0 Å². The molecule has 23 heavy (non-hydrogen) atoms. The molecule has 0 aliphatic carbocycles. The first-order valence-electron chi connectivity index (χ1n) is 8.40. The molecular weight excluding hydrogens is 286 g/mol. The van der Waals surface area contributed by atoms with Gasteiger partial charge in [-0.3, -0.25) is 4.90 Å². The summed E-state index contributed by atoms with van der Waals surface area (Å²) < 4.78 is 7.48. The molecule has 0 radical (unpaired) electrons. The smallest absolute Gasteiger partial charge is 0.0685 e. The molecule has 0 atom stereocenters. The predicted octanol–water partition coefficient (Wildman–Crippen LogP) is 3.31. The van der Waals surface area contributed by atoms with Gasteiger partial charge in [0.25, 0.3) is 0 Å². The number of hydrogen-bond acceptors (Lipinski definition) is 3. The zero-order chi connectivity index (χ0) is 16.4. The fourth-order valence-electron chi connectivity index (χ4n) is 2.91. The van der Waals surface area contributed by atoms with E-state index in [-0.39, 0.29) is 5.41 Å². The Kier molecular flexibility index (Phi) is 4.55. The van der Waals surface area contributed by atoms with E-state index in [1.54, 1.807) is 0 Å². The standard InChI is InChI=1S/C19H27N3O/c1-15-12-18(19(2,3)4)20-22(15)17-7-5-6-16(13-17)14-21-8-10-23-11-9-21/h5-7,12-13H,8-11,14H2,1-4H3. The lowest BCUT2D eigenvalue weighted by Crippen LogP contribution is -2.35. The molecule has 3 rings (SSSR count). The van der Waals surface area contributed by atoms with Crippen molar-refractivity contribution in [2.45, 2.75) is 39.7 Å². The molecule has 1 saturated heterocycles. The molecule has 0 spiro atoms. The average molecular weight is 313 g/mol. The minimum absolute atomic E-state index is 0.0709. The van der Waals surface area contributed by atoms with Crippen LogP contribution >= 0.6 is 0 Å². The minimum Gasteiger partial charge on any atom is -0.379 e. The molecular formula is C19H27N3O. The van der Waals surface area contributed by atoms with Gasteiger partial charge in [0.1, 0.15) is 0 Å². The van der Waals surface area contributed by atoms with Crippen molar-refractivity contribution in [2.24, 2.45) is 0 Å². The van der Waals surface area contributed by atoms with Crippen LogP contribution in [0, 0.1) is 6.92 Å². The second-order valence-electron chi connectivity index (χ2n) is 7.39. The summed E-state index contributed by atoms with van der Waals surface area (Å²) in [4.78, 5) is 2.44. The molecule has 0 saturated carbocycles. The van der Waals surface area contributed by atoms with Gasteiger partial charge in [-0.1, -0.05) is 32.9 Å². The summed E-state index contributed by atoms with van der Waals surface area (Å²) in [5.41, 5.74) is 4.86. The third-order valence-electron chi connectivity index (χ3n) is 4.32. The summed E-state index contributed by atoms with van der Waals surface area (Å²) in [5.74, 6) is 0. The molecule has 1 aliphatic heterocycles. The third kappa shape index (κ3) is 3.82. The van der Waals surface area contributed by atoms with Crippen molar-refractivity contribution in [1.82, 2.24) is 14.7 Å². The zero-order valence-corrected chi connectivity index (χ0v) is 14.7. The van der Waals surface area contributed by atoms with Crippen LogP contribution in [-0.4, -0.2) is 41.0 Å². The Balaban J connectivity index is 1.83. The van der Waals surface area contributed by atoms with Gasteiger partial charge in [0.05, 0.1) is 24.6 Å². The number of ether oxygens (including phenoxy) is 1. The highest BCUT2D eigenvalue weighted by molar-refractivity contribution is 5.37. The zero-order valence-electron chi connectivity index (χ0n) is 14.7. The van der Waals surface area contributed by atoms with Crippen LogP contribution in [0.3, 0.4) is 0 Å². The van der Waals surface area contributed by atoms with Crippen molar-refractivity contribution in [2.75, 3.05) is 26.3 Å². The normalized spacial score (nSPS) is 16.7. The molecule has 1 fully saturated rings. The van der Waals surface area contributed by atoms with Gasteiger partial charge < -0.3 is 4.74 Å². The predicted molar refractivity (Wildman–Crippen MR) is 93.1 cm³/mol. The maximum absolute atomic E-state index is 5.42. The molecule has 4 heteroatoms. The van der Waals surface area contributed by atoms with Gasteiger partial charge in [0.15, 0.2) is 0 Å². The summed E-state index contributed by atoms with van der Waals surface area (Å²) in [6.07, 6.45) is 0. The van der Waals surface area contributed by atoms with E-state index in [1.165, 1.54) is 11.3 Å². The quantitative estimate of drug-likeness (QED) is 0.871. The molecule has 124 valence electrons. The van der Waals surface area contributed by atoms with Crippen molar-refractivity contribution < 1.29 is 4.74 Å². The second-order valence-corrected chi connectivity index (χ2v) is 7.39. The van der Waals surface area contributed by atoms with Crippen LogP contribution in [0.1, 0.15) is 37.7 Å². The van der Waals surface area contributed by atoms with Crippen molar-refractivity contribution in [3.05, 3.63) is 47.3 Å². The topological polar surface area (TPSA) is 30.3 Å². The SMILES string of the molecule is Cc1cc(C(C)(C)C)nn1-c1cccc(CN2CCOCC2)c1. The van der Waals surface area contributed by atoms with Crippen LogP contribution in [-0.2, 0) is 16.7 Å². The molecule has 2 heterocycles. The lowest BCUT2D eigenvalue weighted by atomic mass is 9.92. The van der Waals surface area contributed by atoms with E-state index in [0.29, 0.717) is 0 Å². The Morgan fingerprint density at radius 3 is 2.52 bits per heavy atom. The van der Waals surface area contributed by atoms with Crippen molar-refractivity contribution in [3.8, 4) is 5.69 Å². The van der Waals surface area contributed by atoms with E-state index < -0.39 is 0 Å².